The molecular weight excluding hydrogens is 188 g/mol. The molecule has 2 aromatic rings. The molecule has 0 atom stereocenters. The number of hydrogen-bond donors (Lipinski definition) is 1. The van der Waals surface area contributed by atoms with Crippen LogP contribution in [0.25, 0.3) is 10.9 Å². The third-order valence-corrected chi connectivity index (χ3v) is 2.87. The summed E-state index contributed by atoms with van der Waals surface area (Å²) in [6, 6.07) is 10.6. The fraction of sp³-hybridized carbons (Fsp3) is 0.333. The van der Waals surface area contributed by atoms with Crippen LogP contribution in [0.5, 0.6) is 0 Å². The van der Waals surface area contributed by atoms with Gasteiger partial charge in [0.2, 0.25) is 0 Å². The van der Waals surface area contributed by atoms with E-state index in [-0.39, 0.29) is 0 Å². The predicted molar refractivity (Wildman–Crippen MR) is 61.3 cm³/mol. The molecule has 3 heteroatoms. The van der Waals surface area contributed by atoms with Gasteiger partial charge in [-0.05, 0) is 12.1 Å². The first-order valence-electron chi connectivity index (χ1n) is 5.34. The number of rotatable bonds is 1. The Kier molecular flexibility index (Phi) is 2.10. The molecule has 0 bridgehead atoms. The van der Waals surface area contributed by atoms with Crippen LogP contribution in [0, 0.1) is 0 Å². The summed E-state index contributed by atoms with van der Waals surface area (Å²) in [7, 11) is 0. The average Bonchev–Trinajstić information content (AvgIpc) is 2.74. The molecule has 0 spiro atoms. The third kappa shape index (κ3) is 1.59. The second kappa shape index (κ2) is 3.59. The maximum absolute atomic E-state index is 5.34. The largest absolute Gasteiger partial charge is 0.378 e. The minimum atomic E-state index is 0.829. The van der Waals surface area contributed by atoms with Gasteiger partial charge in [-0.25, -0.2) is 0 Å². The van der Waals surface area contributed by atoms with Gasteiger partial charge in [-0.2, -0.15) is 0 Å². The standard InChI is InChI=1S/C12H14N2O/c1-2-4-11-10(3-1)9-12(13-11)14-5-7-15-8-6-14/h1-4,9,13H,5-8H2. The fourth-order valence-electron chi connectivity index (χ4n) is 2.03. The molecule has 1 N–H and O–H groups in total. The third-order valence-electron chi connectivity index (χ3n) is 2.87. The summed E-state index contributed by atoms with van der Waals surface area (Å²) in [4.78, 5) is 5.77. The second-order valence-electron chi connectivity index (χ2n) is 3.84. The number of aromatic amines is 1. The summed E-state index contributed by atoms with van der Waals surface area (Å²) >= 11 is 0. The van der Waals surface area contributed by atoms with Crippen molar-refractivity contribution in [1.82, 2.24) is 4.98 Å². The van der Waals surface area contributed by atoms with E-state index in [4.69, 9.17) is 4.74 Å². The van der Waals surface area contributed by atoms with Crippen LogP contribution in [0.3, 0.4) is 0 Å². The van der Waals surface area contributed by atoms with Crippen molar-refractivity contribution in [2.75, 3.05) is 31.2 Å². The van der Waals surface area contributed by atoms with Gasteiger partial charge in [-0.3, -0.25) is 0 Å². The first-order valence-corrected chi connectivity index (χ1v) is 5.34. The Morgan fingerprint density at radius 2 is 1.93 bits per heavy atom. The van der Waals surface area contributed by atoms with Crippen molar-refractivity contribution in [3.8, 4) is 0 Å². The van der Waals surface area contributed by atoms with Gasteiger partial charge < -0.3 is 14.6 Å². The maximum atomic E-state index is 5.34. The molecule has 15 heavy (non-hydrogen) atoms. The molecule has 3 rings (SSSR count). The van der Waals surface area contributed by atoms with Crippen LogP contribution in [0.1, 0.15) is 0 Å². The highest BCUT2D eigenvalue weighted by atomic mass is 16.5. The zero-order chi connectivity index (χ0) is 10.1. The van der Waals surface area contributed by atoms with Crippen LogP contribution in [0.2, 0.25) is 0 Å². The number of morpholine rings is 1. The Hall–Kier alpha value is -1.48. The van der Waals surface area contributed by atoms with Gasteiger partial charge >= 0.3 is 0 Å². The lowest BCUT2D eigenvalue weighted by Crippen LogP contribution is -2.36. The van der Waals surface area contributed by atoms with Gasteiger partial charge in [0.1, 0.15) is 5.82 Å². The molecular formula is C12H14N2O. The van der Waals surface area contributed by atoms with E-state index in [1.54, 1.807) is 0 Å². The topological polar surface area (TPSA) is 28.3 Å². The van der Waals surface area contributed by atoms with Gasteiger partial charge in [-0.15, -0.1) is 0 Å². The van der Waals surface area contributed by atoms with E-state index in [2.05, 4.69) is 40.2 Å². The number of anilines is 1. The molecule has 0 amide bonds. The van der Waals surface area contributed by atoms with E-state index in [0.717, 1.165) is 26.3 Å². The maximum Gasteiger partial charge on any atom is 0.107 e. The van der Waals surface area contributed by atoms with E-state index in [1.165, 1.54) is 16.7 Å². The zero-order valence-corrected chi connectivity index (χ0v) is 8.57. The highest BCUT2D eigenvalue weighted by Crippen LogP contribution is 2.21. The molecule has 0 radical (unpaired) electrons. The number of hydrogen-bond acceptors (Lipinski definition) is 2. The summed E-state index contributed by atoms with van der Waals surface area (Å²) < 4.78 is 5.34. The van der Waals surface area contributed by atoms with Gasteiger partial charge in [0.05, 0.1) is 13.2 Å². The lowest BCUT2D eigenvalue weighted by atomic mass is 10.2. The Bertz CT molecular complexity index is 424. The van der Waals surface area contributed by atoms with Crippen molar-refractivity contribution in [2.24, 2.45) is 0 Å². The van der Waals surface area contributed by atoms with Gasteiger partial charge in [0, 0.05) is 24.0 Å². The van der Waals surface area contributed by atoms with Gasteiger partial charge in [0.25, 0.3) is 0 Å². The number of nitrogens with one attached hydrogen (secondary N) is 1. The normalized spacial score (nSPS) is 17.2. The number of aromatic nitrogens is 1. The monoisotopic (exact) mass is 202 g/mol. The van der Waals surface area contributed by atoms with Crippen molar-refractivity contribution in [1.29, 1.82) is 0 Å². The smallest absolute Gasteiger partial charge is 0.107 e. The number of benzene rings is 1. The van der Waals surface area contributed by atoms with Crippen molar-refractivity contribution < 1.29 is 4.74 Å². The van der Waals surface area contributed by atoms with Crippen LogP contribution in [0.4, 0.5) is 5.82 Å². The zero-order valence-electron chi connectivity index (χ0n) is 8.57. The molecule has 0 aliphatic carbocycles. The Morgan fingerprint density at radius 3 is 2.73 bits per heavy atom. The predicted octanol–water partition coefficient (Wildman–Crippen LogP) is 2.00. The van der Waals surface area contributed by atoms with Gasteiger partial charge in [-0.1, -0.05) is 18.2 Å². The molecule has 0 unspecified atom stereocenters. The molecule has 3 nitrogen and oxygen atoms in total. The van der Waals surface area contributed by atoms with Crippen molar-refractivity contribution in [3.63, 3.8) is 0 Å². The summed E-state index contributed by atoms with van der Waals surface area (Å²) in [5.74, 6) is 1.21. The molecule has 2 heterocycles. The van der Waals surface area contributed by atoms with Crippen LogP contribution in [0.15, 0.2) is 30.3 Å². The lowest BCUT2D eigenvalue weighted by Gasteiger charge is -2.27. The average molecular weight is 202 g/mol. The minimum absolute atomic E-state index is 0.829. The van der Waals surface area contributed by atoms with Crippen LogP contribution in [-0.4, -0.2) is 31.3 Å². The summed E-state index contributed by atoms with van der Waals surface area (Å²) in [6.07, 6.45) is 0. The quantitative estimate of drug-likeness (QED) is 0.766. The van der Waals surface area contributed by atoms with E-state index in [0.29, 0.717) is 0 Å². The summed E-state index contributed by atoms with van der Waals surface area (Å²) in [6.45, 7) is 3.62. The molecule has 1 saturated heterocycles. The van der Waals surface area contributed by atoms with E-state index >= 15 is 0 Å². The number of nitrogens with zero attached hydrogens (tertiary/aromatic N) is 1. The van der Waals surface area contributed by atoms with Crippen molar-refractivity contribution >= 4 is 16.7 Å². The van der Waals surface area contributed by atoms with E-state index in [9.17, 15) is 0 Å². The van der Waals surface area contributed by atoms with Gasteiger partial charge in [0.15, 0.2) is 0 Å². The Morgan fingerprint density at radius 1 is 1.13 bits per heavy atom. The van der Waals surface area contributed by atoms with E-state index in [1.807, 2.05) is 0 Å². The molecule has 1 aliphatic heterocycles. The van der Waals surface area contributed by atoms with Crippen LogP contribution < -0.4 is 4.90 Å². The van der Waals surface area contributed by atoms with Crippen molar-refractivity contribution in [2.45, 2.75) is 0 Å². The summed E-state index contributed by atoms with van der Waals surface area (Å²) in [5, 5.41) is 1.28. The molecule has 1 aliphatic rings. The molecule has 1 aromatic heterocycles. The number of ether oxygens (including phenoxy) is 1. The van der Waals surface area contributed by atoms with Crippen molar-refractivity contribution in [3.05, 3.63) is 30.3 Å². The molecule has 0 saturated carbocycles. The Labute approximate surface area is 88.6 Å². The number of fused-ring (bicyclic) bond motifs is 1. The number of para-hydroxylation sites is 1. The minimum Gasteiger partial charge on any atom is -0.378 e. The highest BCUT2D eigenvalue weighted by Gasteiger charge is 2.12. The first-order chi connectivity index (χ1) is 7.43. The first kappa shape index (κ1) is 8.80. The fourth-order valence-corrected chi connectivity index (χ4v) is 2.03. The molecule has 78 valence electrons. The molecule has 1 fully saturated rings. The lowest BCUT2D eigenvalue weighted by molar-refractivity contribution is 0.122. The number of H-pyrrole nitrogens is 1. The Balaban J connectivity index is 1.96. The van der Waals surface area contributed by atoms with Crippen LogP contribution >= 0.6 is 0 Å². The van der Waals surface area contributed by atoms with Crippen LogP contribution in [-0.2, 0) is 4.74 Å². The second-order valence-corrected chi connectivity index (χ2v) is 3.84. The summed E-state index contributed by atoms with van der Waals surface area (Å²) in [5.41, 5.74) is 1.21. The SMILES string of the molecule is c1ccc2[nH]c(N3CCOCC3)cc2c1. The molecule has 1 aromatic carbocycles. The highest BCUT2D eigenvalue weighted by molar-refractivity contribution is 5.83. The van der Waals surface area contributed by atoms with E-state index < -0.39 is 0 Å².